The topological polar surface area (TPSA) is 0 Å². The Hall–Kier alpha value is -0.170. The van der Waals surface area contributed by atoms with Crippen molar-refractivity contribution in [3.63, 3.8) is 0 Å². The molecule has 1 aromatic carbocycles. The largest absolute Gasteiger partial charge is 1.00 e. The van der Waals surface area contributed by atoms with E-state index in [-0.39, 0.29) is 29.6 Å². The van der Waals surface area contributed by atoms with Crippen LogP contribution in [0.5, 0.6) is 0 Å². The van der Waals surface area contributed by atoms with Crippen LogP contribution in [0, 0.1) is 13.8 Å². The fourth-order valence-corrected chi connectivity index (χ4v) is 2.39. The summed E-state index contributed by atoms with van der Waals surface area (Å²) < 4.78 is 0. The monoisotopic (exact) mass is 208 g/mol. The molecule has 1 aliphatic carbocycles. The fraction of sp³-hybridized carbons (Fsp3) is 0.357. The molecule has 0 amide bonds. The van der Waals surface area contributed by atoms with Crippen LogP contribution in [0.3, 0.4) is 0 Å². The molecular weight excluding hydrogens is 191 g/mol. The Balaban J connectivity index is 0.00000112. The maximum atomic E-state index is 2.36. The van der Waals surface area contributed by atoms with Gasteiger partial charge in [0.05, 0.1) is 0 Å². The van der Waals surface area contributed by atoms with Gasteiger partial charge in [0, 0.05) is 0 Å². The Labute approximate surface area is 115 Å². The third-order valence-corrected chi connectivity index (χ3v) is 2.99. The first-order valence-electron chi connectivity index (χ1n) is 5.18. The SMILES string of the molecule is CC1=CC([c-]2cc(C)cc2C)C(C)=C1.[Na+]. The van der Waals surface area contributed by atoms with Gasteiger partial charge in [0.25, 0.3) is 0 Å². The van der Waals surface area contributed by atoms with Crippen molar-refractivity contribution in [3.05, 3.63) is 52.1 Å². The quantitative estimate of drug-likeness (QED) is 0.477. The van der Waals surface area contributed by atoms with E-state index in [0.29, 0.717) is 5.92 Å². The first kappa shape index (κ1) is 12.9. The van der Waals surface area contributed by atoms with Gasteiger partial charge in [0.2, 0.25) is 0 Å². The number of allylic oxidation sites excluding steroid dienone is 4. The van der Waals surface area contributed by atoms with Crippen LogP contribution in [0.25, 0.3) is 0 Å². The molecule has 0 aliphatic heterocycles. The molecule has 0 bridgehead atoms. The first-order chi connectivity index (χ1) is 6.58. The van der Waals surface area contributed by atoms with E-state index in [0.717, 1.165) is 0 Å². The second kappa shape index (κ2) is 4.78. The molecule has 1 heteroatoms. The third kappa shape index (κ3) is 2.50. The predicted octanol–water partition coefficient (Wildman–Crippen LogP) is 1.02. The molecule has 1 atom stereocenters. The van der Waals surface area contributed by atoms with Crippen molar-refractivity contribution < 1.29 is 29.6 Å². The van der Waals surface area contributed by atoms with Gasteiger partial charge in [-0.15, -0.1) is 5.56 Å². The van der Waals surface area contributed by atoms with E-state index in [1.54, 1.807) is 0 Å². The van der Waals surface area contributed by atoms with Crippen molar-refractivity contribution in [1.82, 2.24) is 0 Å². The summed E-state index contributed by atoms with van der Waals surface area (Å²) in [5.74, 6) is 0.531. The Bertz CT molecular complexity index is 419. The average Bonchev–Trinajstić information content (AvgIpc) is 2.55. The van der Waals surface area contributed by atoms with Crippen LogP contribution in [-0.4, -0.2) is 0 Å². The molecule has 74 valence electrons. The van der Waals surface area contributed by atoms with Crippen molar-refractivity contribution in [3.8, 4) is 0 Å². The number of rotatable bonds is 1. The molecule has 0 heterocycles. The minimum Gasteiger partial charge on any atom is -0.208 e. The Morgan fingerprint density at radius 3 is 2.20 bits per heavy atom. The molecule has 0 saturated carbocycles. The smallest absolute Gasteiger partial charge is 0.208 e. The predicted molar refractivity (Wildman–Crippen MR) is 61.8 cm³/mol. The Kier molecular flexibility index (Phi) is 4.11. The summed E-state index contributed by atoms with van der Waals surface area (Å²) in [5.41, 5.74) is 7.14. The first-order valence-corrected chi connectivity index (χ1v) is 5.18. The van der Waals surface area contributed by atoms with Crippen molar-refractivity contribution in [2.45, 2.75) is 33.6 Å². The Morgan fingerprint density at radius 2 is 1.80 bits per heavy atom. The molecule has 15 heavy (non-hydrogen) atoms. The number of aryl methyl sites for hydroxylation is 2. The number of hydrogen-bond donors (Lipinski definition) is 0. The van der Waals surface area contributed by atoms with Crippen molar-refractivity contribution in [2.24, 2.45) is 0 Å². The zero-order chi connectivity index (χ0) is 10.3. The Morgan fingerprint density at radius 1 is 1.13 bits per heavy atom. The van der Waals surface area contributed by atoms with Crippen LogP contribution in [-0.2, 0) is 0 Å². The minimum atomic E-state index is 0. The maximum Gasteiger partial charge on any atom is 1.00 e. The molecule has 0 nitrogen and oxygen atoms in total. The second-order valence-electron chi connectivity index (χ2n) is 4.45. The summed E-state index contributed by atoms with van der Waals surface area (Å²) in [5, 5.41) is 0. The molecule has 0 saturated heterocycles. The van der Waals surface area contributed by atoms with Crippen molar-refractivity contribution in [2.75, 3.05) is 0 Å². The van der Waals surface area contributed by atoms with Gasteiger partial charge in [-0.25, -0.2) is 11.6 Å². The molecule has 0 fully saturated rings. The van der Waals surface area contributed by atoms with Gasteiger partial charge in [-0.1, -0.05) is 37.1 Å². The summed E-state index contributed by atoms with van der Waals surface area (Å²) in [7, 11) is 0. The van der Waals surface area contributed by atoms with E-state index in [1.807, 2.05) is 0 Å². The van der Waals surface area contributed by atoms with E-state index in [4.69, 9.17) is 0 Å². The van der Waals surface area contributed by atoms with E-state index in [2.05, 4.69) is 52.0 Å². The van der Waals surface area contributed by atoms with Crippen LogP contribution in [0.2, 0.25) is 0 Å². The molecule has 0 aromatic heterocycles. The summed E-state index contributed by atoms with van der Waals surface area (Å²) in [6, 6.07) is 4.58. The normalized spacial score (nSPS) is 19.6. The summed E-state index contributed by atoms with van der Waals surface area (Å²) >= 11 is 0. The van der Waals surface area contributed by atoms with Gasteiger partial charge in [0.15, 0.2) is 0 Å². The van der Waals surface area contributed by atoms with Crippen molar-refractivity contribution >= 4 is 0 Å². The van der Waals surface area contributed by atoms with Gasteiger partial charge in [0.1, 0.15) is 0 Å². The van der Waals surface area contributed by atoms with Gasteiger partial charge < -0.3 is 0 Å². The molecule has 0 radical (unpaired) electrons. The average molecular weight is 208 g/mol. The molecule has 1 aromatic rings. The molecule has 0 spiro atoms. The van der Waals surface area contributed by atoms with Crippen LogP contribution >= 0.6 is 0 Å². The maximum absolute atomic E-state index is 2.36. The van der Waals surface area contributed by atoms with Crippen LogP contribution < -0.4 is 29.6 Å². The zero-order valence-electron chi connectivity index (χ0n) is 10.4. The molecule has 0 N–H and O–H groups in total. The van der Waals surface area contributed by atoms with E-state index in [9.17, 15) is 0 Å². The van der Waals surface area contributed by atoms with Crippen LogP contribution in [0.4, 0.5) is 0 Å². The molecule has 1 aliphatic rings. The van der Waals surface area contributed by atoms with E-state index in [1.165, 1.54) is 27.8 Å². The summed E-state index contributed by atoms with van der Waals surface area (Å²) in [6.45, 7) is 8.77. The van der Waals surface area contributed by atoms with Gasteiger partial charge in [-0.3, -0.25) is 0 Å². The van der Waals surface area contributed by atoms with Crippen LogP contribution in [0.15, 0.2) is 35.4 Å². The molecule has 1 unspecified atom stereocenters. The zero-order valence-corrected chi connectivity index (χ0v) is 12.4. The fourth-order valence-electron chi connectivity index (χ4n) is 2.39. The van der Waals surface area contributed by atoms with Crippen LogP contribution in [0.1, 0.15) is 36.5 Å². The second-order valence-corrected chi connectivity index (χ2v) is 4.45. The van der Waals surface area contributed by atoms with E-state index < -0.39 is 0 Å². The van der Waals surface area contributed by atoms with E-state index >= 15 is 0 Å². The van der Waals surface area contributed by atoms with Gasteiger partial charge >= 0.3 is 29.6 Å². The summed E-state index contributed by atoms with van der Waals surface area (Å²) in [6.07, 6.45) is 4.64. The van der Waals surface area contributed by atoms with Gasteiger partial charge in [-0.05, 0) is 19.8 Å². The molecular formula is C14H17Na. The third-order valence-electron chi connectivity index (χ3n) is 2.99. The number of hydrogen-bond acceptors (Lipinski definition) is 0. The standard InChI is InChI=1S/C14H17.Na/c1-9-5-11(3)13(7-9)14-8-10(2)6-12(14)4;/h5-8,13H,1-4H3;/q-1;+1. The molecule has 2 rings (SSSR count). The van der Waals surface area contributed by atoms with Gasteiger partial charge in [-0.2, -0.15) is 11.6 Å². The minimum absolute atomic E-state index is 0. The van der Waals surface area contributed by atoms with Crippen molar-refractivity contribution in [1.29, 1.82) is 0 Å². The summed E-state index contributed by atoms with van der Waals surface area (Å²) in [4.78, 5) is 0.